The van der Waals surface area contributed by atoms with E-state index in [-0.39, 0.29) is 24.3 Å². The molecule has 0 saturated carbocycles. The van der Waals surface area contributed by atoms with Gasteiger partial charge in [0.25, 0.3) is 0 Å². The molecule has 0 fully saturated rings. The van der Waals surface area contributed by atoms with Gasteiger partial charge in [0.05, 0.1) is 6.04 Å². The van der Waals surface area contributed by atoms with Crippen LogP contribution in [0.2, 0.25) is 0 Å². The first-order valence-corrected chi connectivity index (χ1v) is 12.0. The van der Waals surface area contributed by atoms with Crippen LogP contribution in [-0.4, -0.2) is 52.3 Å². The number of nitrogens with one attached hydrogen (secondary N) is 2. The molecule has 34 heavy (non-hydrogen) atoms. The number of aldehydes is 1. The number of carboxylic acid groups (broad SMARTS) is 1. The molecule has 3 atom stereocenters. The predicted octanol–water partition coefficient (Wildman–Crippen LogP) is 3.84. The van der Waals surface area contributed by atoms with Crippen LogP contribution in [-0.2, 0) is 20.9 Å². The number of rotatable bonds is 14. The Morgan fingerprint density at radius 3 is 1.88 bits per heavy atom. The van der Waals surface area contributed by atoms with Gasteiger partial charge >= 0.3 is 6.09 Å². The molecule has 8 heteroatoms. The van der Waals surface area contributed by atoms with Gasteiger partial charge in [0.1, 0.15) is 18.4 Å². The smallest absolute Gasteiger partial charge is 0.408 e. The van der Waals surface area contributed by atoms with E-state index in [4.69, 9.17) is 0 Å². The average Bonchev–Trinajstić information content (AvgIpc) is 2.74. The summed E-state index contributed by atoms with van der Waals surface area (Å²) in [4.78, 5) is 51.1. The van der Waals surface area contributed by atoms with Crippen molar-refractivity contribution in [2.24, 2.45) is 17.8 Å². The highest BCUT2D eigenvalue weighted by atomic mass is 16.4. The lowest BCUT2D eigenvalue weighted by Gasteiger charge is -2.31. The van der Waals surface area contributed by atoms with Crippen LogP contribution in [0.25, 0.3) is 0 Å². The maximum atomic E-state index is 13.4. The van der Waals surface area contributed by atoms with E-state index < -0.39 is 36.0 Å². The second kappa shape index (κ2) is 14.4. The van der Waals surface area contributed by atoms with Gasteiger partial charge in [0, 0.05) is 6.54 Å². The minimum Gasteiger partial charge on any atom is -0.465 e. The third-order valence-electron chi connectivity index (χ3n) is 5.37. The molecule has 0 unspecified atom stereocenters. The van der Waals surface area contributed by atoms with Gasteiger partial charge in [0.2, 0.25) is 11.8 Å². The van der Waals surface area contributed by atoms with Crippen molar-refractivity contribution < 1.29 is 24.3 Å². The van der Waals surface area contributed by atoms with Crippen molar-refractivity contribution in [2.75, 3.05) is 0 Å². The van der Waals surface area contributed by atoms with E-state index in [0.29, 0.717) is 25.5 Å². The number of carbonyl (C=O) groups excluding carboxylic acids is 3. The fraction of sp³-hybridized carbons (Fsp3) is 0.615. The molecule has 3 amide bonds. The third kappa shape index (κ3) is 10.4. The van der Waals surface area contributed by atoms with Crippen LogP contribution in [0.5, 0.6) is 0 Å². The Bertz CT molecular complexity index is 795. The molecule has 0 spiro atoms. The van der Waals surface area contributed by atoms with Crippen LogP contribution in [0.1, 0.15) is 66.4 Å². The summed E-state index contributed by atoms with van der Waals surface area (Å²) in [7, 11) is 0. The van der Waals surface area contributed by atoms with E-state index >= 15 is 0 Å². The Morgan fingerprint density at radius 2 is 1.41 bits per heavy atom. The van der Waals surface area contributed by atoms with Crippen molar-refractivity contribution in [1.82, 2.24) is 15.5 Å². The summed E-state index contributed by atoms with van der Waals surface area (Å²) in [5.74, 6) is -0.589. The molecular formula is C26H41N3O5. The van der Waals surface area contributed by atoms with E-state index in [9.17, 15) is 24.3 Å². The molecule has 0 aliphatic rings. The van der Waals surface area contributed by atoms with Gasteiger partial charge in [-0.15, -0.1) is 0 Å². The van der Waals surface area contributed by atoms with E-state index in [1.54, 1.807) is 0 Å². The van der Waals surface area contributed by atoms with Crippen molar-refractivity contribution in [3.63, 3.8) is 0 Å². The molecule has 0 aliphatic carbocycles. The lowest BCUT2D eigenvalue weighted by molar-refractivity contribution is -0.133. The van der Waals surface area contributed by atoms with Gasteiger partial charge < -0.3 is 20.5 Å². The van der Waals surface area contributed by atoms with Gasteiger partial charge in [-0.05, 0) is 42.6 Å². The monoisotopic (exact) mass is 475 g/mol. The Hall–Kier alpha value is -2.90. The number of hydrogen-bond donors (Lipinski definition) is 3. The summed E-state index contributed by atoms with van der Waals surface area (Å²) in [6.45, 7) is 11.7. The zero-order valence-corrected chi connectivity index (χ0v) is 21.3. The van der Waals surface area contributed by atoms with E-state index in [1.807, 2.05) is 71.9 Å². The molecular weight excluding hydrogens is 434 g/mol. The van der Waals surface area contributed by atoms with Gasteiger partial charge in [0.15, 0.2) is 0 Å². The highest BCUT2D eigenvalue weighted by Crippen LogP contribution is 2.17. The summed E-state index contributed by atoms with van der Waals surface area (Å²) < 4.78 is 0. The van der Waals surface area contributed by atoms with Crippen molar-refractivity contribution in [1.29, 1.82) is 0 Å². The van der Waals surface area contributed by atoms with Gasteiger partial charge in [-0.2, -0.15) is 0 Å². The van der Waals surface area contributed by atoms with Crippen molar-refractivity contribution in [2.45, 2.75) is 85.5 Å². The molecule has 3 N–H and O–H groups in total. The minimum absolute atomic E-state index is 0.0521. The molecule has 0 aliphatic heterocycles. The second-order valence-electron chi connectivity index (χ2n) is 10.1. The zero-order chi connectivity index (χ0) is 25.8. The lowest BCUT2D eigenvalue weighted by Crippen LogP contribution is -2.56. The highest BCUT2D eigenvalue weighted by molar-refractivity contribution is 5.92. The quantitative estimate of drug-likeness (QED) is 0.354. The normalized spacial score (nSPS) is 13.9. The fourth-order valence-corrected chi connectivity index (χ4v) is 3.82. The summed E-state index contributed by atoms with van der Waals surface area (Å²) in [6.07, 6.45) is 0.681. The Morgan fingerprint density at radius 1 is 0.853 bits per heavy atom. The summed E-state index contributed by atoms with van der Waals surface area (Å²) in [5.41, 5.74) is 0.769. The van der Waals surface area contributed by atoms with Crippen LogP contribution in [0, 0.1) is 17.8 Å². The fourth-order valence-electron chi connectivity index (χ4n) is 3.82. The minimum atomic E-state index is -1.20. The van der Waals surface area contributed by atoms with Crippen molar-refractivity contribution in [3.8, 4) is 0 Å². The van der Waals surface area contributed by atoms with E-state index in [2.05, 4.69) is 10.6 Å². The molecule has 190 valence electrons. The maximum absolute atomic E-state index is 13.4. The molecule has 1 aromatic carbocycles. The van der Waals surface area contributed by atoms with E-state index in [0.717, 1.165) is 10.5 Å². The van der Waals surface area contributed by atoms with Crippen LogP contribution in [0.4, 0.5) is 4.79 Å². The predicted molar refractivity (Wildman–Crippen MR) is 132 cm³/mol. The first-order chi connectivity index (χ1) is 15.9. The second-order valence-corrected chi connectivity index (χ2v) is 10.1. The summed E-state index contributed by atoms with van der Waals surface area (Å²) in [5, 5.41) is 15.4. The number of carbonyl (C=O) groups is 4. The average molecular weight is 476 g/mol. The van der Waals surface area contributed by atoms with Crippen molar-refractivity contribution in [3.05, 3.63) is 35.9 Å². The first-order valence-electron chi connectivity index (χ1n) is 12.0. The van der Waals surface area contributed by atoms with Gasteiger partial charge in [-0.3, -0.25) is 14.5 Å². The Labute approximate surface area is 203 Å². The number of hydrogen-bond acceptors (Lipinski definition) is 4. The summed E-state index contributed by atoms with van der Waals surface area (Å²) in [6, 6.07) is 6.62. The molecule has 0 heterocycles. The zero-order valence-electron chi connectivity index (χ0n) is 21.3. The lowest BCUT2D eigenvalue weighted by atomic mass is 9.98. The topological polar surface area (TPSA) is 116 Å². The van der Waals surface area contributed by atoms with Crippen LogP contribution >= 0.6 is 0 Å². The third-order valence-corrected chi connectivity index (χ3v) is 5.37. The van der Waals surface area contributed by atoms with Crippen LogP contribution in [0.3, 0.4) is 0 Å². The Kier molecular flexibility index (Phi) is 12.3. The number of amides is 3. The SMILES string of the molecule is CC(C)C[C@@H](C=O)NC(=O)[C@H](CC(C)C)NC(=O)[C@H](CC(C)C)N(Cc1ccccc1)C(=O)O. The highest BCUT2D eigenvalue weighted by Gasteiger charge is 2.33. The molecule has 0 saturated heterocycles. The van der Waals surface area contributed by atoms with Crippen LogP contribution < -0.4 is 10.6 Å². The number of nitrogens with zero attached hydrogens (tertiary/aromatic N) is 1. The molecule has 0 bridgehead atoms. The molecule has 0 aromatic heterocycles. The first kappa shape index (κ1) is 29.1. The number of benzene rings is 1. The van der Waals surface area contributed by atoms with Gasteiger partial charge in [-0.1, -0.05) is 71.9 Å². The van der Waals surface area contributed by atoms with Crippen LogP contribution in [0.15, 0.2) is 30.3 Å². The summed E-state index contributed by atoms with van der Waals surface area (Å²) >= 11 is 0. The molecule has 1 rings (SSSR count). The molecule has 0 radical (unpaired) electrons. The largest absolute Gasteiger partial charge is 0.465 e. The van der Waals surface area contributed by atoms with E-state index in [1.165, 1.54) is 0 Å². The Balaban J connectivity index is 3.13. The van der Waals surface area contributed by atoms with Crippen molar-refractivity contribution >= 4 is 24.2 Å². The maximum Gasteiger partial charge on any atom is 0.408 e. The molecule has 1 aromatic rings. The standard InChI is InChI=1S/C26H41N3O5/c1-17(2)12-21(16-30)27-24(31)22(13-18(3)4)28-25(32)23(14-19(5)6)29(26(33)34)15-20-10-8-7-9-11-20/h7-11,16-19,21-23H,12-15H2,1-6H3,(H,27,31)(H,28,32)(H,33,34)/t21-,22-,23-/m0/s1. The van der Waals surface area contributed by atoms with Gasteiger partial charge in [-0.25, -0.2) is 4.79 Å². The molecule has 8 nitrogen and oxygen atoms in total.